The third-order valence-corrected chi connectivity index (χ3v) is 3.75. The molecule has 1 aliphatic rings. The van der Waals surface area contributed by atoms with E-state index in [4.69, 9.17) is 9.47 Å². The summed E-state index contributed by atoms with van der Waals surface area (Å²) in [5, 5.41) is 5.89. The molecular weight excluding hydrogens is 334 g/mol. The normalized spacial score (nSPS) is 16.0. The molecule has 134 valence electrons. The van der Waals surface area contributed by atoms with Gasteiger partial charge in [0, 0.05) is 30.9 Å². The molecule has 0 saturated carbocycles. The fraction of sp³-hybridized carbons (Fsp3) is 0.500. The van der Waals surface area contributed by atoms with Gasteiger partial charge in [-0.1, -0.05) is 0 Å². The second-order valence-corrected chi connectivity index (χ2v) is 5.49. The van der Waals surface area contributed by atoms with Gasteiger partial charge in [-0.15, -0.1) is 12.4 Å². The van der Waals surface area contributed by atoms with E-state index in [9.17, 15) is 9.59 Å². The van der Waals surface area contributed by atoms with E-state index < -0.39 is 0 Å². The summed E-state index contributed by atoms with van der Waals surface area (Å²) in [6.45, 7) is 0.844. The van der Waals surface area contributed by atoms with Crippen molar-refractivity contribution in [3.8, 4) is 11.5 Å². The highest BCUT2D eigenvalue weighted by atomic mass is 35.5. The lowest BCUT2D eigenvalue weighted by Gasteiger charge is -2.20. The van der Waals surface area contributed by atoms with Crippen LogP contribution in [0.25, 0.3) is 0 Å². The van der Waals surface area contributed by atoms with Crippen LogP contribution in [0.3, 0.4) is 0 Å². The Hall–Kier alpha value is -1.99. The van der Waals surface area contributed by atoms with Gasteiger partial charge in [-0.25, -0.2) is 0 Å². The minimum Gasteiger partial charge on any atom is -0.497 e. The Kier molecular flexibility index (Phi) is 7.81. The average Bonchev–Trinajstić information content (AvgIpc) is 3.07. The number of nitrogens with zero attached hydrogens (tertiary/aromatic N) is 1. The summed E-state index contributed by atoms with van der Waals surface area (Å²) in [6.07, 6.45) is 1.80. The van der Waals surface area contributed by atoms with E-state index in [0.29, 0.717) is 17.2 Å². The van der Waals surface area contributed by atoms with Gasteiger partial charge in [0.1, 0.15) is 11.5 Å². The van der Waals surface area contributed by atoms with Crippen molar-refractivity contribution in [2.75, 3.05) is 39.7 Å². The number of ether oxygens (including phenoxy) is 2. The number of hydrogen-bond donors (Lipinski definition) is 2. The number of rotatable bonds is 6. The van der Waals surface area contributed by atoms with E-state index in [1.165, 1.54) is 4.90 Å². The highest BCUT2D eigenvalue weighted by molar-refractivity contribution is 5.95. The second kappa shape index (κ2) is 9.34. The van der Waals surface area contributed by atoms with Gasteiger partial charge in [-0.3, -0.25) is 9.59 Å². The van der Waals surface area contributed by atoms with Crippen LogP contribution < -0.4 is 20.1 Å². The zero-order valence-corrected chi connectivity index (χ0v) is 14.9. The van der Waals surface area contributed by atoms with E-state index >= 15 is 0 Å². The van der Waals surface area contributed by atoms with E-state index in [-0.39, 0.29) is 36.8 Å². The minimum absolute atomic E-state index is 0. The van der Waals surface area contributed by atoms with Gasteiger partial charge in [-0.2, -0.15) is 0 Å². The first-order valence-corrected chi connectivity index (χ1v) is 7.54. The molecule has 1 atom stereocenters. The first-order valence-electron chi connectivity index (χ1n) is 7.54. The third-order valence-electron chi connectivity index (χ3n) is 3.75. The molecule has 1 aromatic carbocycles. The number of carbonyl (C=O) groups excluding carboxylic acids is 2. The molecule has 1 unspecified atom stereocenters. The number of carbonyl (C=O) groups is 2. The van der Waals surface area contributed by atoms with Gasteiger partial charge in [-0.05, 0) is 19.4 Å². The van der Waals surface area contributed by atoms with E-state index in [1.54, 1.807) is 39.5 Å². The average molecular weight is 358 g/mol. The van der Waals surface area contributed by atoms with Gasteiger partial charge < -0.3 is 25.0 Å². The molecule has 2 rings (SSSR count). The molecule has 1 fully saturated rings. The van der Waals surface area contributed by atoms with Crippen molar-refractivity contribution < 1.29 is 19.1 Å². The van der Waals surface area contributed by atoms with E-state index in [0.717, 1.165) is 19.4 Å². The van der Waals surface area contributed by atoms with Crippen molar-refractivity contribution >= 4 is 29.9 Å². The molecule has 7 nitrogen and oxygen atoms in total. The van der Waals surface area contributed by atoms with Gasteiger partial charge in [0.05, 0.1) is 26.8 Å². The maximum Gasteiger partial charge on any atom is 0.243 e. The lowest BCUT2D eigenvalue weighted by Crippen LogP contribution is -2.44. The zero-order chi connectivity index (χ0) is 16.8. The van der Waals surface area contributed by atoms with Crippen molar-refractivity contribution in [1.82, 2.24) is 10.2 Å². The molecule has 1 heterocycles. The number of likely N-dealkylation sites (N-methyl/N-ethyl adjacent to an activating group) is 1. The molecule has 1 aromatic rings. The summed E-state index contributed by atoms with van der Waals surface area (Å²) in [5.74, 6) is 0.841. The maximum atomic E-state index is 12.2. The first-order chi connectivity index (χ1) is 11.0. The smallest absolute Gasteiger partial charge is 0.243 e. The number of hydrogen-bond acceptors (Lipinski definition) is 5. The summed E-state index contributed by atoms with van der Waals surface area (Å²) < 4.78 is 10.3. The Morgan fingerprint density at radius 2 is 1.88 bits per heavy atom. The third kappa shape index (κ3) is 5.28. The molecule has 1 aliphatic heterocycles. The first kappa shape index (κ1) is 20.1. The fourth-order valence-corrected chi connectivity index (χ4v) is 2.53. The van der Waals surface area contributed by atoms with Crippen molar-refractivity contribution in [1.29, 1.82) is 0 Å². The summed E-state index contributed by atoms with van der Waals surface area (Å²) in [5.41, 5.74) is 0.561. The number of anilines is 1. The van der Waals surface area contributed by atoms with Gasteiger partial charge in [0.2, 0.25) is 11.8 Å². The van der Waals surface area contributed by atoms with Crippen LogP contribution in [-0.2, 0) is 9.59 Å². The predicted octanol–water partition coefficient (Wildman–Crippen LogP) is 1.27. The Balaban J connectivity index is 0.00000288. The molecule has 0 radical (unpaired) electrons. The van der Waals surface area contributed by atoms with Crippen LogP contribution >= 0.6 is 12.4 Å². The standard InChI is InChI=1S/C16H23N3O4.ClH/c1-19(16(21)14-5-4-6-17-14)10-15(20)18-11-7-12(22-2)9-13(8-11)23-3;/h7-9,14,17H,4-6,10H2,1-3H3,(H,18,20);1H. The van der Waals surface area contributed by atoms with E-state index in [1.807, 2.05) is 0 Å². The predicted molar refractivity (Wildman–Crippen MR) is 94.1 cm³/mol. The summed E-state index contributed by atoms with van der Waals surface area (Å²) in [7, 11) is 4.72. The zero-order valence-electron chi connectivity index (χ0n) is 14.1. The Bertz CT molecular complexity index is 554. The number of methoxy groups -OCH3 is 2. The maximum absolute atomic E-state index is 12.2. The Morgan fingerprint density at radius 1 is 1.25 bits per heavy atom. The highest BCUT2D eigenvalue weighted by Gasteiger charge is 2.25. The van der Waals surface area contributed by atoms with Crippen LogP contribution in [0.15, 0.2) is 18.2 Å². The van der Waals surface area contributed by atoms with Crippen LogP contribution in [0.1, 0.15) is 12.8 Å². The lowest BCUT2D eigenvalue weighted by molar-refractivity contribution is -0.134. The van der Waals surface area contributed by atoms with Crippen LogP contribution in [-0.4, -0.2) is 57.1 Å². The SMILES string of the molecule is COc1cc(NC(=O)CN(C)C(=O)C2CCCN2)cc(OC)c1.Cl. The minimum atomic E-state index is -0.269. The topological polar surface area (TPSA) is 79.9 Å². The number of halogens is 1. The molecule has 2 amide bonds. The Morgan fingerprint density at radius 3 is 2.38 bits per heavy atom. The largest absolute Gasteiger partial charge is 0.497 e. The van der Waals surface area contributed by atoms with Crippen LogP contribution in [0, 0.1) is 0 Å². The Labute approximate surface area is 148 Å². The molecule has 0 spiro atoms. The molecule has 24 heavy (non-hydrogen) atoms. The van der Waals surface area contributed by atoms with Crippen LogP contribution in [0.4, 0.5) is 5.69 Å². The fourth-order valence-electron chi connectivity index (χ4n) is 2.53. The molecular formula is C16H24ClN3O4. The van der Waals surface area contributed by atoms with Gasteiger partial charge in [0.25, 0.3) is 0 Å². The number of benzene rings is 1. The molecule has 0 bridgehead atoms. The second-order valence-electron chi connectivity index (χ2n) is 5.49. The summed E-state index contributed by atoms with van der Waals surface area (Å²) in [6, 6.07) is 4.93. The van der Waals surface area contributed by atoms with Crippen LogP contribution in [0.2, 0.25) is 0 Å². The number of nitrogens with one attached hydrogen (secondary N) is 2. The molecule has 1 saturated heterocycles. The number of amides is 2. The lowest BCUT2D eigenvalue weighted by atomic mass is 10.2. The monoisotopic (exact) mass is 357 g/mol. The molecule has 8 heteroatoms. The van der Waals surface area contributed by atoms with Crippen molar-refractivity contribution in [3.05, 3.63) is 18.2 Å². The quantitative estimate of drug-likeness (QED) is 0.801. The van der Waals surface area contributed by atoms with Gasteiger partial charge in [0.15, 0.2) is 0 Å². The highest BCUT2D eigenvalue weighted by Crippen LogP contribution is 2.25. The molecule has 0 aliphatic carbocycles. The summed E-state index contributed by atoms with van der Waals surface area (Å²) >= 11 is 0. The van der Waals surface area contributed by atoms with Crippen molar-refractivity contribution in [2.45, 2.75) is 18.9 Å². The van der Waals surface area contributed by atoms with Crippen LogP contribution in [0.5, 0.6) is 11.5 Å². The molecule has 0 aromatic heterocycles. The van der Waals surface area contributed by atoms with Gasteiger partial charge >= 0.3 is 0 Å². The van der Waals surface area contributed by atoms with Crippen molar-refractivity contribution in [2.24, 2.45) is 0 Å². The summed E-state index contributed by atoms with van der Waals surface area (Å²) in [4.78, 5) is 25.8. The van der Waals surface area contributed by atoms with Crippen molar-refractivity contribution in [3.63, 3.8) is 0 Å². The van der Waals surface area contributed by atoms with E-state index in [2.05, 4.69) is 10.6 Å². The molecule has 2 N–H and O–H groups in total.